The highest BCUT2D eigenvalue weighted by Crippen LogP contribution is 2.32. The van der Waals surface area contributed by atoms with E-state index in [0.717, 1.165) is 26.1 Å². The highest BCUT2D eigenvalue weighted by Gasteiger charge is 2.39. The number of benzene rings is 2. The van der Waals surface area contributed by atoms with Crippen molar-refractivity contribution >= 4 is 45.8 Å². The van der Waals surface area contributed by atoms with E-state index in [4.69, 9.17) is 14.5 Å². The fraction of sp³-hybridized carbons (Fsp3) is 0.400. The highest BCUT2D eigenvalue weighted by atomic mass is 32.2. The Morgan fingerprint density at radius 2 is 1.97 bits per heavy atom. The first kappa shape index (κ1) is 26.6. The van der Waals surface area contributed by atoms with Gasteiger partial charge in [0.15, 0.2) is 5.17 Å². The number of ether oxygens (including phenoxy) is 2. The summed E-state index contributed by atoms with van der Waals surface area (Å²) in [6.07, 6.45) is 0.689. The Morgan fingerprint density at radius 3 is 2.68 bits per heavy atom. The maximum Gasteiger partial charge on any atom is 0.271 e. The number of non-ortho nitro benzene ring substituents is 1. The Morgan fingerprint density at radius 1 is 1.22 bits per heavy atom. The van der Waals surface area contributed by atoms with Gasteiger partial charge in [0.05, 0.1) is 30.9 Å². The zero-order chi connectivity index (χ0) is 26.2. The number of rotatable bonds is 10. The number of amidine groups is 1. The van der Waals surface area contributed by atoms with Crippen molar-refractivity contribution < 1.29 is 24.0 Å². The molecule has 0 spiro atoms. The number of aliphatic imine (C=N–C) groups is 1. The first-order valence-electron chi connectivity index (χ1n) is 12.0. The number of nitro groups is 1. The molecule has 0 saturated carbocycles. The molecule has 2 fully saturated rings. The average molecular weight is 528 g/mol. The standard InChI is InChI=1S/C25H29N5O6S/c1-35-21-8-6-18(7-9-21)27-25-29(11-3-10-28-12-14-36-15-13-28)24(32)22(37-25)17-23(31)26-19-4-2-5-20(16-19)30(33)34/h2,4-9,16,22H,3,10-15,17H2,1H3,(H,26,31)/t22-/m0/s1. The molecule has 2 aromatic rings. The molecule has 4 rings (SSSR count). The van der Waals surface area contributed by atoms with Gasteiger partial charge in [-0.3, -0.25) is 29.5 Å². The van der Waals surface area contributed by atoms with Crippen LogP contribution >= 0.6 is 11.8 Å². The molecule has 2 aliphatic rings. The topological polar surface area (TPSA) is 127 Å². The van der Waals surface area contributed by atoms with Crippen molar-refractivity contribution in [2.45, 2.75) is 18.1 Å². The Bertz CT molecular complexity index is 1150. The molecule has 2 saturated heterocycles. The lowest BCUT2D eigenvalue weighted by Crippen LogP contribution is -2.39. The van der Waals surface area contributed by atoms with Crippen LogP contribution in [-0.2, 0) is 14.3 Å². The molecule has 1 atom stereocenters. The lowest BCUT2D eigenvalue weighted by Gasteiger charge is -2.27. The van der Waals surface area contributed by atoms with Gasteiger partial charge in [-0.25, -0.2) is 4.99 Å². The van der Waals surface area contributed by atoms with Crippen LogP contribution in [0.2, 0.25) is 0 Å². The maximum absolute atomic E-state index is 13.3. The minimum atomic E-state index is -0.640. The average Bonchev–Trinajstić information content (AvgIpc) is 3.18. The number of amides is 2. The number of anilines is 1. The third-order valence-corrected chi connectivity index (χ3v) is 7.16. The normalized spacial score (nSPS) is 19.3. The summed E-state index contributed by atoms with van der Waals surface area (Å²) in [4.78, 5) is 45.2. The van der Waals surface area contributed by atoms with E-state index in [2.05, 4.69) is 10.2 Å². The number of nitrogens with zero attached hydrogens (tertiary/aromatic N) is 4. The van der Waals surface area contributed by atoms with Crippen LogP contribution in [0.4, 0.5) is 17.1 Å². The molecule has 11 nitrogen and oxygen atoms in total. The van der Waals surface area contributed by atoms with Crippen LogP contribution in [0.5, 0.6) is 5.75 Å². The molecule has 0 bridgehead atoms. The summed E-state index contributed by atoms with van der Waals surface area (Å²) in [6.45, 7) is 4.49. The number of hydrogen-bond acceptors (Lipinski definition) is 9. The van der Waals surface area contributed by atoms with Crippen molar-refractivity contribution in [3.05, 3.63) is 58.6 Å². The summed E-state index contributed by atoms with van der Waals surface area (Å²) in [7, 11) is 1.59. The van der Waals surface area contributed by atoms with E-state index < -0.39 is 16.1 Å². The van der Waals surface area contributed by atoms with Crippen molar-refractivity contribution in [1.29, 1.82) is 0 Å². The second-order valence-corrected chi connectivity index (χ2v) is 9.73. The molecule has 12 heteroatoms. The molecule has 0 unspecified atom stereocenters. The first-order valence-corrected chi connectivity index (χ1v) is 12.9. The molecule has 196 valence electrons. The van der Waals surface area contributed by atoms with Crippen molar-refractivity contribution in [2.75, 3.05) is 51.8 Å². The fourth-order valence-electron chi connectivity index (χ4n) is 4.05. The summed E-state index contributed by atoms with van der Waals surface area (Å²) in [5, 5.41) is 13.6. The quantitative estimate of drug-likeness (QED) is 0.368. The van der Waals surface area contributed by atoms with E-state index in [1.807, 2.05) is 12.1 Å². The van der Waals surface area contributed by atoms with E-state index in [1.165, 1.54) is 30.0 Å². The van der Waals surface area contributed by atoms with Crippen LogP contribution in [0.25, 0.3) is 0 Å². The summed E-state index contributed by atoms with van der Waals surface area (Å²) in [5.41, 5.74) is 0.865. The molecule has 2 amide bonds. The minimum Gasteiger partial charge on any atom is -0.497 e. The number of nitro benzene ring substituents is 1. The third kappa shape index (κ3) is 7.28. The third-order valence-electron chi connectivity index (χ3n) is 5.99. The van der Waals surface area contributed by atoms with Crippen LogP contribution < -0.4 is 10.1 Å². The molecular weight excluding hydrogens is 498 g/mol. The zero-order valence-corrected chi connectivity index (χ0v) is 21.3. The molecular formula is C25H29N5O6S. The van der Waals surface area contributed by atoms with Crippen molar-refractivity contribution in [1.82, 2.24) is 9.80 Å². The lowest BCUT2D eigenvalue weighted by molar-refractivity contribution is -0.384. The van der Waals surface area contributed by atoms with Crippen LogP contribution in [-0.4, -0.2) is 83.5 Å². The van der Waals surface area contributed by atoms with Crippen LogP contribution in [0.15, 0.2) is 53.5 Å². The predicted octanol–water partition coefficient (Wildman–Crippen LogP) is 3.29. The van der Waals surface area contributed by atoms with E-state index in [-0.39, 0.29) is 18.0 Å². The second kappa shape index (κ2) is 12.7. The number of hydrogen-bond donors (Lipinski definition) is 1. The van der Waals surface area contributed by atoms with Gasteiger partial charge < -0.3 is 14.8 Å². The number of carbonyl (C=O) groups excluding carboxylic acids is 2. The minimum absolute atomic E-state index is 0.0756. The largest absolute Gasteiger partial charge is 0.497 e. The molecule has 0 aliphatic carbocycles. The number of thioether (sulfide) groups is 1. The van der Waals surface area contributed by atoms with Gasteiger partial charge in [0.2, 0.25) is 11.8 Å². The summed E-state index contributed by atoms with van der Waals surface area (Å²) in [6, 6.07) is 12.9. The predicted molar refractivity (Wildman–Crippen MR) is 141 cm³/mol. The van der Waals surface area contributed by atoms with E-state index in [0.29, 0.717) is 42.1 Å². The van der Waals surface area contributed by atoms with Crippen molar-refractivity contribution in [3.8, 4) is 5.75 Å². The van der Waals surface area contributed by atoms with Crippen LogP contribution in [0.1, 0.15) is 12.8 Å². The van der Waals surface area contributed by atoms with E-state index in [1.54, 1.807) is 30.2 Å². The fourth-order valence-corrected chi connectivity index (χ4v) is 5.24. The van der Waals surface area contributed by atoms with Crippen LogP contribution in [0.3, 0.4) is 0 Å². The molecule has 0 aromatic heterocycles. The van der Waals surface area contributed by atoms with Gasteiger partial charge in [-0.1, -0.05) is 17.8 Å². The van der Waals surface area contributed by atoms with Crippen molar-refractivity contribution in [3.63, 3.8) is 0 Å². The monoisotopic (exact) mass is 527 g/mol. The van der Waals surface area contributed by atoms with Gasteiger partial charge in [0, 0.05) is 50.4 Å². The van der Waals surface area contributed by atoms with Gasteiger partial charge in [-0.15, -0.1) is 0 Å². The Kier molecular flexibility index (Phi) is 9.09. The second-order valence-electron chi connectivity index (χ2n) is 8.56. The Balaban J connectivity index is 1.44. The van der Waals surface area contributed by atoms with Gasteiger partial charge in [0.25, 0.3) is 5.69 Å². The van der Waals surface area contributed by atoms with Gasteiger partial charge in [-0.05, 0) is 36.8 Å². The Hall–Kier alpha value is -3.48. The summed E-state index contributed by atoms with van der Waals surface area (Å²) >= 11 is 1.26. The van der Waals surface area contributed by atoms with Gasteiger partial charge >= 0.3 is 0 Å². The summed E-state index contributed by atoms with van der Waals surface area (Å²) in [5.74, 6) is 0.135. The highest BCUT2D eigenvalue weighted by molar-refractivity contribution is 8.15. The van der Waals surface area contributed by atoms with Gasteiger partial charge in [0.1, 0.15) is 11.0 Å². The number of carbonyl (C=O) groups is 2. The maximum atomic E-state index is 13.3. The molecule has 2 heterocycles. The number of nitrogens with one attached hydrogen (secondary N) is 1. The van der Waals surface area contributed by atoms with E-state index >= 15 is 0 Å². The van der Waals surface area contributed by atoms with Crippen LogP contribution in [0, 0.1) is 10.1 Å². The molecule has 1 N–H and O–H groups in total. The SMILES string of the molecule is COc1ccc(N=C2S[C@@H](CC(=O)Nc3cccc([N+](=O)[O-])c3)C(=O)N2CCCN2CCOCC2)cc1. The molecule has 2 aromatic carbocycles. The number of methoxy groups -OCH3 is 1. The van der Waals surface area contributed by atoms with Crippen molar-refractivity contribution in [2.24, 2.45) is 4.99 Å². The molecule has 2 aliphatic heterocycles. The zero-order valence-electron chi connectivity index (χ0n) is 20.5. The summed E-state index contributed by atoms with van der Waals surface area (Å²) < 4.78 is 10.6. The lowest BCUT2D eigenvalue weighted by atomic mass is 10.2. The molecule has 37 heavy (non-hydrogen) atoms. The van der Waals surface area contributed by atoms with E-state index in [9.17, 15) is 19.7 Å². The smallest absolute Gasteiger partial charge is 0.271 e. The Labute approximate surface area is 219 Å². The van der Waals surface area contributed by atoms with Gasteiger partial charge in [-0.2, -0.15) is 0 Å². The number of morpholine rings is 1. The first-order chi connectivity index (χ1) is 17.9. The molecule has 0 radical (unpaired) electrons.